The van der Waals surface area contributed by atoms with E-state index in [0.717, 1.165) is 17.7 Å². The number of amides is 1. The number of hydrogen-bond acceptors (Lipinski definition) is 3. The van der Waals surface area contributed by atoms with Crippen LogP contribution in [0.2, 0.25) is 0 Å². The maximum atomic E-state index is 13.3. The molecule has 1 aromatic heterocycles. The smallest absolute Gasteiger partial charge is 0.239 e. The largest absolute Gasteiger partial charge is 0.497 e. The second kappa shape index (κ2) is 6.10. The van der Waals surface area contributed by atoms with E-state index in [1.54, 1.807) is 24.3 Å². The molecule has 0 atom stereocenters. The third-order valence-corrected chi connectivity index (χ3v) is 2.59. The van der Waals surface area contributed by atoms with Crippen LogP contribution in [0.5, 0.6) is 5.75 Å². The Kier molecular flexibility index (Phi) is 4.24. The Morgan fingerprint density at radius 1 is 1.30 bits per heavy atom. The molecule has 2 rings (SSSR count). The van der Waals surface area contributed by atoms with Crippen LogP contribution in [0.4, 0.5) is 14.5 Å². The summed E-state index contributed by atoms with van der Waals surface area (Å²) in [7, 11) is 1.53. The van der Waals surface area contributed by atoms with Gasteiger partial charge in [-0.05, 0) is 29.8 Å². The normalized spacial score (nSPS) is 10.2. The lowest BCUT2D eigenvalue weighted by Gasteiger charge is -2.07. The summed E-state index contributed by atoms with van der Waals surface area (Å²) >= 11 is 0. The third-order valence-electron chi connectivity index (χ3n) is 2.59. The quantitative estimate of drug-likeness (QED) is 0.874. The first kappa shape index (κ1) is 13.9. The average Bonchev–Trinajstić information content (AvgIpc) is 2.42. The molecule has 104 valence electrons. The Morgan fingerprint density at radius 2 is 2.10 bits per heavy atom. The maximum absolute atomic E-state index is 13.3. The zero-order chi connectivity index (χ0) is 14.5. The number of anilines is 1. The van der Waals surface area contributed by atoms with Crippen molar-refractivity contribution >= 4 is 11.6 Å². The van der Waals surface area contributed by atoms with Crippen molar-refractivity contribution in [3.05, 3.63) is 53.9 Å². The molecule has 0 saturated carbocycles. The number of methoxy groups -OCH3 is 1. The van der Waals surface area contributed by atoms with Crippen molar-refractivity contribution in [1.82, 2.24) is 4.98 Å². The molecule has 1 aromatic carbocycles. The Morgan fingerprint density at radius 3 is 2.80 bits per heavy atom. The minimum atomic E-state index is -1.05. The predicted molar refractivity (Wildman–Crippen MR) is 69.5 cm³/mol. The van der Waals surface area contributed by atoms with Gasteiger partial charge in [-0.25, -0.2) is 0 Å². The monoisotopic (exact) mass is 278 g/mol. The molecule has 6 heteroatoms. The summed E-state index contributed by atoms with van der Waals surface area (Å²) in [6.07, 6.45) is 0.0496. The number of carbonyl (C=O) groups excluding carboxylic acids is 1. The van der Waals surface area contributed by atoms with E-state index in [-0.39, 0.29) is 12.1 Å². The van der Waals surface area contributed by atoms with E-state index >= 15 is 0 Å². The fourth-order valence-electron chi connectivity index (χ4n) is 1.67. The van der Waals surface area contributed by atoms with E-state index in [2.05, 4.69) is 10.3 Å². The molecule has 1 amide bonds. The van der Waals surface area contributed by atoms with Gasteiger partial charge in [0.25, 0.3) is 0 Å². The van der Waals surface area contributed by atoms with Crippen LogP contribution in [0.15, 0.2) is 36.4 Å². The first-order valence-electron chi connectivity index (χ1n) is 5.83. The summed E-state index contributed by atoms with van der Waals surface area (Å²) < 4.78 is 31.0. The maximum Gasteiger partial charge on any atom is 0.239 e. The summed E-state index contributed by atoms with van der Waals surface area (Å²) in [5.41, 5.74) is 0.566. The van der Waals surface area contributed by atoms with Crippen LogP contribution in [-0.2, 0) is 11.2 Å². The van der Waals surface area contributed by atoms with Gasteiger partial charge >= 0.3 is 0 Å². The van der Waals surface area contributed by atoms with Crippen molar-refractivity contribution in [3.63, 3.8) is 0 Å². The van der Waals surface area contributed by atoms with Crippen molar-refractivity contribution in [3.8, 4) is 5.75 Å². The number of hydrogen-bond donors (Lipinski definition) is 1. The highest BCUT2D eigenvalue weighted by molar-refractivity contribution is 5.92. The van der Waals surface area contributed by atoms with Crippen LogP contribution in [0.3, 0.4) is 0 Å². The van der Waals surface area contributed by atoms with Crippen LogP contribution in [-0.4, -0.2) is 18.0 Å². The molecule has 0 unspecified atom stereocenters. The van der Waals surface area contributed by atoms with Crippen LogP contribution in [0, 0.1) is 11.9 Å². The van der Waals surface area contributed by atoms with Gasteiger partial charge in [-0.15, -0.1) is 0 Å². The van der Waals surface area contributed by atoms with Gasteiger partial charge in [-0.3, -0.25) is 4.79 Å². The second-order valence-electron chi connectivity index (χ2n) is 4.05. The average molecular weight is 278 g/mol. The van der Waals surface area contributed by atoms with E-state index in [1.165, 1.54) is 7.11 Å². The highest BCUT2D eigenvalue weighted by Gasteiger charge is 2.10. The van der Waals surface area contributed by atoms with E-state index < -0.39 is 17.8 Å². The van der Waals surface area contributed by atoms with Gasteiger partial charge in [0, 0.05) is 0 Å². The van der Waals surface area contributed by atoms with Gasteiger partial charge in [0.05, 0.1) is 19.2 Å². The van der Waals surface area contributed by atoms with E-state index in [1.807, 2.05) is 0 Å². The lowest BCUT2D eigenvalue weighted by atomic mass is 10.1. The van der Waals surface area contributed by atoms with Crippen LogP contribution in [0.25, 0.3) is 0 Å². The third kappa shape index (κ3) is 3.50. The van der Waals surface area contributed by atoms with Crippen molar-refractivity contribution < 1.29 is 18.3 Å². The highest BCUT2D eigenvalue weighted by Crippen LogP contribution is 2.15. The van der Waals surface area contributed by atoms with Gasteiger partial charge in [0.1, 0.15) is 5.75 Å². The van der Waals surface area contributed by atoms with E-state index in [9.17, 15) is 13.6 Å². The minimum absolute atomic E-state index is 0.0496. The van der Waals surface area contributed by atoms with Crippen molar-refractivity contribution in [2.24, 2.45) is 0 Å². The Bertz CT molecular complexity index is 632. The van der Waals surface area contributed by atoms with Gasteiger partial charge < -0.3 is 10.1 Å². The van der Waals surface area contributed by atoms with Crippen molar-refractivity contribution in [2.75, 3.05) is 12.4 Å². The van der Waals surface area contributed by atoms with Crippen molar-refractivity contribution in [1.29, 1.82) is 0 Å². The molecule has 0 saturated heterocycles. The summed E-state index contributed by atoms with van der Waals surface area (Å²) in [4.78, 5) is 14.8. The Balaban J connectivity index is 2.05. The van der Waals surface area contributed by atoms with Gasteiger partial charge in [-0.1, -0.05) is 12.1 Å². The summed E-state index contributed by atoms with van der Waals surface area (Å²) in [6.45, 7) is 0. The van der Waals surface area contributed by atoms with Gasteiger partial charge in [0.15, 0.2) is 0 Å². The van der Waals surface area contributed by atoms with E-state index in [4.69, 9.17) is 4.74 Å². The molecular formula is C14H12F2N2O2. The molecule has 20 heavy (non-hydrogen) atoms. The number of rotatable bonds is 4. The molecule has 0 spiro atoms. The number of nitrogens with zero attached hydrogens (tertiary/aromatic N) is 1. The SMILES string of the molecule is COc1cccc(CC(=O)Nc2ccc(F)nc2F)c1. The molecule has 0 aliphatic carbocycles. The fraction of sp³-hybridized carbons (Fsp3) is 0.143. The van der Waals surface area contributed by atoms with Crippen LogP contribution in [0.1, 0.15) is 5.56 Å². The molecular weight excluding hydrogens is 266 g/mol. The molecule has 1 N–H and O–H groups in total. The number of halogens is 2. The highest BCUT2D eigenvalue weighted by atomic mass is 19.1. The zero-order valence-electron chi connectivity index (χ0n) is 10.7. The van der Waals surface area contributed by atoms with Gasteiger partial charge in [-0.2, -0.15) is 13.8 Å². The van der Waals surface area contributed by atoms with E-state index in [0.29, 0.717) is 5.75 Å². The molecule has 4 nitrogen and oxygen atoms in total. The fourth-order valence-corrected chi connectivity index (χ4v) is 1.67. The molecule has 2 aromatic rings. The lowest BCUT2D eigenvalue weighted by Crippen LogP contribution is -2.16. The number of aromatic nitrogens is 1. The first-order chi connectivity index (χ1) is 9.58. The van der Waals surface area contributed by atoms with Crippen LogP contribution >= 0.6 is 0 Å². The van der Waals surface area contributed by atoms with Crippen molar-refractivity contribution in [2.45, 2.75) is 6.42 Å². The summed E-state index contributed by atoms with van der Waals surface area (Å²) in [6, 6.07) is 9.07. The molecule has 0 bridgehead atoms. The standard InChI is InChI=1S/C14H12F2N2O2/c1-20-10-4-2-3-9(7-10)8-13(19)17-11-5-6-12(15)18-14(11)16/h2-7H,8H2,1H3,(H,17,19). The van der Waals surface area contributed by atoms with Gasteiger partial charge in [0.2, 0.25) is 17.8 Å². The molecule has 0 aliphatic heterocycles. The molecule has 0 aliphatic rings. The lowest BCUT2D eigenvalue weighted by molar-refractivity contribution is -0.115. The summed E-state index contributed by atoms with van der Waals surface area (Å²) in [5.74, 6) is -1.78. The number of pyridine rings is 1. The minimum Gasteiger partial charge on any atom is -0.497 e. The molecule has 1 heterocycles. The number of carbonyl (C=O) groups is 1. The zero-order valence-corrected chi connectivity index (χ0v) is 10.7. The number of nitrogens with one attached hydrogen (secondary N) is 1. The topological polar surface area (TPSA) is 51.2 Å². The number of benzene rings is 1. The first-order valence-corrected chi connectivity index (χ1v) is 5.83. The molecule has 0 fully saturated rings. The van der Waals surface area contributed by atoms with Crippen LogP contribution < -0.4 is 10.1 Å². The number of ether oxygens (including phenoxy) is 1. The molecule has 0 radical (unpaired) electrons. The Hall–Kier alpha value is -2.50. The predicted octanol–water partition coefficient (Wildman–Crippen LogP) is 2.55. The summed E-state index contributed by atoms with van der Waals surface area (Å²) in [5, 5.41) is 2.34. The second-order valence-corrected chi connectivity index (χ2v) is 4.05. The Labute approximate surface area is 114 Å².